The number of nitrogens with zero attached hydrogens (tertiary/aromatic N) is 4. The number of aryl methyl sites for hydroxylation is 1. The summed E-state index contributed by atoms with van der Waals surface area (Å²) in [6.45, 7) is 3.00. The highest BCUT2D eigenvalue weighted by atomic mass is 32.1. The van der Waals surface area contributed by atoms with E-state index in [1.54, 1.807) is 7.11 Å². The Kier molecular flexibility index (Phi) is 6.67. The van der Waals surface area contributed by atoms with Crippen molar-refractivity contribution in [3.8, 4) is 5.75 Å². The molecule has 0 spiro atoms. The minimum atomic E-state index is 0.470. The summed E-state index contributed by atoms with van der Waals surface area (Å²) in [5.41, 5.74) is 3.65. The number of piperazine rings is 1. The van der Waals surface area contributed by atoms with Gasteiger partial charge in [-0.15, -0.1) is 11.3 Å². The van der Waals surface area contributed by atoms with Crippen LogP contribution in [0, 0.1) is 0 Å². The Morgan fingerprint density at radius 1 is 1.11 bits per heavy atom. The monoisotopic (exact) mass is 501 g/mol. The molecule has 7 heteroatoms. The molecular weight excluding hydrogens is 466 g/mol. The maximum atomic E-state index is 5.33. The number of aromatic nitrogens is 2. The van der Waals surface area contributed by atoms with Gasteiger partial charge in [0.05, 0.1) is 23.2 Å². The molecule has 2 fully saturated rings. The number of ether oxygens (including phenoxy) is 1. The predicted octanol–water partition coefficient (Wildman–Crippen LogP) is 3.77. The summed E-state index contributed by atoms with van der Waals surface area (Å²) in [5, 5.41) is 8.23. The SMILES string of the molecule is COc1ccc(CCC2CN(C3=c4ncccc4=CNc4sc(C5CCCC5)nc43)CCN2C)cc1. The highest BCUT2D eigenvalue weighted by Gasteiger charge is 2.31. The number of hydrogen-bond acceptors (Lipinski definition) is 7. The Morgan fingerprint density at radius 3 is 2.75 bits per heavy atom. The van der Waals surface area contributed by atoms with Crippen molar-refractivity contribution in [1.82, 2.24) is 19.8 Å². The lowest BCUT2D eigenvalue weighted by Crippen LogP contribution is -2.52. The Bertz CT molecular complexity index is 1330. The van der Waals surface area contributed by atoms with E-state index in [1.165, 1.54) is 47.0 Å². The van der Waals surface area contributed by atoms with Crippen molar-refractivity contribution in [3.63, 3.8) is 0 Å². The Hall–Kier alpha value is -2.90. The minimum Gasteiger partial charge on any atom is -0.497 e. The number of fused-ring (bicyclic) bond motifs is 2. The fourth-order valence-electron chi connectivity index (χ4n) is 5.82. The summed E-state index contributed by atoms with van der Waals surface area (Å²) >= 11 is 1.85. The molecule has 4 heterocycles. The number of rotatable bonds is 6. The first-order valence-electron chi connectivity index (χ1n) is 13.2. The third-order valence-electron chi connectivity index (χ3n) is 8.01. The molecule has 1 N–H and O–H groups in total. The van der Waals surface area contributed by atoms with Gasteiger partial charge < -0.3 is 15.0 Å². The topological polar surface area (TPSA) is 53.5 Å². The fourth-order valence-corrected chi connectivity index (χ4v) is 6.92. The first-order chi connectivity index (χ1) is 17.7. The van der Waals surface area contributed by atoms with Crippen LogP contribution in [0.1, 0.15) is 54.3 Å². The Balaban J connectivity index is 1.31. The number of pyridine rings is 1. The van der Waals surface area contributed by atoms with Crippen LogP contribution in [0.5, 0.6) is 5.75 Å². The van der Waals surface area contributed by atoms with Gasteiger partial charge in [0.15, 0.2) is 0 Å². The summed E-state index contributed by atoms with van der Waals surface area (Å²) in [5.74, 6) is 1.52. The number of methoxy groups -OCH3 is 1. The smallest absolute Gasteiger partial charge is 0.124 e. The van der Waals surface area contributed by atoms with Crippen molar-refractivity contribution in [3.05, 3.63) is 69.4 Å². The molecule has 3 aromatic rings. The number of anilines is 1. The molecule has 0 amide bonds. The van der Waals surface area contributed by atoms with Gasteiger partial charge in [-0.05, 0) is 62.6 Å². The second kappa shape index (κ2) is 10.2. The molecule has 36 heavy (non-hydrogen) atoms. The van der Waals surface area contributed by atoms with Crippen molar-refractivity contribution in [2.75, 3.05) is 39.1 Å². The predicted molar refractivity (Wildman–Crippen MR) is 147 cm³/mol. The number of thiazole rings is 1. The van der Waals surface area contributed by atoms with Crippen molar-refractivity contribution < 1.29 is 4.74 Å². The lowest BCUT2D eigenvalue weighted by Gasteiger charge is -2.41. The summed E-state index contributed by atoms with van der Waals surface area (Å²) < 4.78 is 5.33. The highest BCUT2D eigenvalue weighted by Crippen LogP contribution is 2.41. The second-order valence-electron chi connectivity index (χ2n) is 10.3. The number of likely N-dealkylation sites (N-methyl/N-ethyl adjacent to an activating group) is 1. The summed E-state index contributed by atoms with van der Waals surface area (Å²) in [6, 6.07) is 13.1. The maximum absolute atomic E-state index is 5.33. The molecule has 1 atom stereocenters. The van der Waals surface area contributed by atoms with E-state index in [1.807, 2.05) is 23.6 Å². The lowest BCUT2D eigenvalue weighted by atomic mass is 10.0. The van der Waals surface area contributed by atoms with E-state index in [2.05, 4.69) is 58.7 Å². The normalized spacial score (nSPS) is 20.3. The molecule has 0 radical (unpaired) electrons. The van der Waals surface area contributed by atoms with Gasteiger partial charge in [0, 0.05) is 49.2 Å². The van der Waals surface area contributed by atoms with Crippen LogP contribution in [0.25, 0.3) is 11.9 Å². The first-order valence-corrected chi connectivity index (χ1v) is 14.0. The lowest BCUT2D eigenvalue weighted by molar-refractivity contribution is 0.127. The zero-order valence-electron chi connectivity index (χ0n) is 21.2. The first kappa shape index (κ1) is 23.5. The third-order valence-corrected chi connectivity index (χ3v) is 9.16. The molecule has 6 rings (SSSR count). The average Bonchev–Trinajstić information content (AvgIpc) is 3.57. The largest absolute Gasteiger partial charge is 0.497 e. The highest BCUT2D eigenvalue weighted by molar-refractivity contribution is 7.16. The maximum Gasteiger partial charge on any atom is 0.124 e. The van der Waals surface area contributed by atoms with Gasteiger partial charge in [-0.3, -0.25) is 9.88 Å². The van der Waals surface area contributed by atoms with E-state index in [4.69, 9.17) is 14.7 Å². The molecule has 0 bridgehead atoms. The van der Waals surface area contributed by atoms with Crippen molar-refractivity contribution in [2.45, 2.75) is 50.5 Å². The van der Waals surface area contributed by atoms with Gasteiger partial charge in [-0.25, -0.2) is 4.98 Å². The molecule has 3 aliphatic rings. The van der Waals surface area contributed by atoms with Crippen LogP contribution in [0.2, 0.25) is 0 Å². The summed E-state index contributed by atoms with van der Waals surface area (Å²) in [7, 11) is 3.98. The van der Waals surface area contributed by atoms with Crippen molar-refractivity contribution in [1.29, 1.82) is 0 Å². The van der Waals surface area contributed by atoms with Crippen LogP contribution >= 0.6 is 11.3 Å². The number of hydrogen-bond donors (Lipinski definition) is 1. The van der Waals surface area contributed by atoms with Gasteiger partial charge in [-0.2, -0.15) is 0 Å². The zero-order chi connectivity index (χ0) is 24.5. The van der Waals surface area contributed by atoms with Crippen molar-refractivity contribution >= 4 is 28.2 Å². The van der Waals surface area contributed by atoms with Crippen molar-refractivity contribution in [2.24, 2.45) is 0 Å². The van der Waals surface area contributed by atoms with Gasteiger partial charge in [-0.1, -0.05) is 25.0 Å². The van der Waals surface area contributed by atoms with Crippen LogP contribution in [-0.2, 0) is 6.42 Å². The van der Waals surface area contributed by atoms with Crippen LogP contribution < -0.4 is 20.6 Å². The van der Waals surface area contributed by atoms with E-state index >= 15 is 0 Å². The van der Waals surface area contributed by atoms with E-state index in [-0.39, 0.29) is 0 Å². The molecule has 1 saturated carbocycles. The van der Waals surface area contributed by atoms with E-state index in [0.29, 0.717) is 12.0 Å². The van der Waals surface area contributed by atoms with Crippen LogP contribution in [-0.4, -0.2) is 59.6 Å². The molecule has 188 valence electrons. The summed E-state index contributed by atoms with van der Waals surface area (Å²) in [6.07, 6.45) is 11.4. The molecular formula is C29H35N5OS. The van der Waals surface area contributed by atoms with Gasteiger partial charge in [0.25, 0.3) is 0 Å². The molecule has 2 aliphatic heterocycles. The Morgan fingerprint density at radius 2 is 1.94 bits per heavy atom. The Labute approximate surface area is 217 Å². The molecule has 1 saturated heterocycles. The van der Waals surface area contributed by atoms with Crippen LogP contribution in [0.4, 0.5) is 5.00 Å². The molecule has 1 unspecified atom stereocenters. The summed E-state index contributed by atoms with van der Waals surface area (Å²) in [4.78, 5) is 15.3. The van der Waals surface area contributed by atoms with E-state index in [0.717, 1.165) is 54.5 Å². The molecule has 2 aromatic heterocycles. The zero-order valence-corrected chi connectivity index (χ0v) is 22.1. The second-order valence-corrected chi connectivity index (χ2v) is 11.3. The number of nitrogens with one attached hydrogen (secondary N) is 1. The van der Waals surface area contributed by atoms with E-state index in [9.17, 15) is 0 Å². The quantitative estimate of drug-likeness (QED) is 0.555. The van der Waals surface area contributed by atoms with E-state index < -0.39 is 0 Å². The molecule has 1 aliphatic carbocycles. The standard InChI is InChI=1S/C29H35N5OS/c1-33-16-17-34(19-23(33)12-9-20-10-13-24(35-2)14-11-20)27-25-22(8-5-15-30-25)18-31-29-26(27)32-28(36-29)21-6-3-4-7-21/h5,8,10-11,13-15,18,21,23,31H,3-4,6-7,9,12,16-17,19H2,1-2H3. The molecule has 1 aromatic carbocycles. The van der Waals surface area contributed by atoms with Crippen LogP contribution in [0.3, 0.4) is 0 Å². The van der Waals surface area contributed by atoms with Gasteiger partial charge >= 0.3 is 0 Å². The minimum absolute atomic E-state index is 0.470. The van der Waals surface area contributed by atoms with Crippen LogP contribution in [0.15, 0.2) is 42.6 Å². The number of benzene rings is 1. The fraction of sp³-hybridized carbons (Fsp3) is 0.448. The molecule has 6 nitrogen and oxygen atoms in total. The van der Waals surface area contributed by atoms with Gasteiger partial charge in [0.2, 0.25) is 0 Å². The average molecular weight is 502 g/mol. The van der Waals surface area contributed by atoms with Gasteiger partial charge in [0.1, 0.15) is 16.4 Å². The third kappa shape index (κ3) is 4.62.